The first-order chi connectivity index (χ1) is 8.61. The lowest BCUT2D eigenvalue weighted by molar-refractivity contribution is 0.0681. The normalized spacial score (nSPS) is 17.2. The van der Waals surface area contributed by atoms with E-state index >= 15 is 0 Å². The van der Waals surface area contributed by atoms with Crippen molar-refractivity contribution in [3.8, 4) is 0 Å². The van der Waals surface area contributed by atoms with Crippen LogP contribution in [0.5, 0.6) is 0 Å². The lowest BCUT2D eigenvalue weighted by atomic mass is 9.93. The number of rotatable bonds is 3. The van der Waals surface area contributed by atoms with E-state index in [2.05, 4.69) is 5.10 Å². The van der Waals surface area contributed by atoms with Gasteiger partial charge in [0.2, 0.25) is 0 Å². The Kier molecular flexibility index (Phi) is 4.01. The van der Waals surface area contributed by atoms with Gasteiger partial charge in [0.15, 0.2) is 5.69 Å². The molecule has 2 N–H and O–H groups in total. The number of likely N-dealkylation sites (tertiary alicyclic amines) is 1. The number of hydrogen-bond acceptors (Lipinski definition) is 3. The van der Waals surface area contributed by atoms with Gasteiger partial charge >= 0.3 is 0 Å². The Morgan fingerprint density at radius 3 is 2.67 bits per heavy atom. The molecule has 5 nitrogen and oxygen atoms in total. The second kappa shape index (κ2) is 5.52. The van der Waals surface area contributed by atoms with Crippen molar-refractivity contribution in [3.05, 3.63) is 17.5 Å². The maximum Gasteiger partial charge on any atom is 0.274 e. The van der Waals surface area contributed by atoms with Crippen LogP contribution in [0, 0.1) is 12.8 Å². The van der Waals surface area contributed by atoms with Crippen molar-refractivity contribution in [2.45, 2.75) is 26.2 Å². The lowest BCUT2D eigenvalue weighted by Crippen LogP contribution is -2.39. The van der Waals surface area contributed by atoms with Crippen molar-refractivity contribution >= 4 is 5.91 Å². The van der Waals surface area contributed by atoms with Gasteiger partial charge in [-0.15, -0.1) is 0 Å². The van der Waals surface area contributed by atoms with Crippen molar-refractivity contribution in [2.75, 3.05) is 19.6 Å². The predicted octanol–water partition coefficient (Wildman–Crippen LogP) is 0.930. The molecule has 0 radical (unpaired) electrons. The summed E-state index contributed by atoms with van der Waals surface area (Å²) in [6.07, 6.45) is 3.20. The molecule has 5 heteroatoms. The minimum atomic E-state index is 0.0601. The molecule has 1 aromatic rings. The summed E-state index contributed by atoms with van der Waals surface area (Å²) in [4.78, 5) is 14.2. The molecule has 2 heterocycles. The maximum atomic E-state index is 12.3. The molecule has 1 aliphatic rings. The minimum Gasteiger partial charge on any atom is -0.337 e. The van der Waals surface area contributed by atoms with E-state index in [0.29, 0.717) is 11.6 Å². The summed E-state index contributed by atoms with van der Waals surface area (Å²) in [5.74, 6) is 0.745. The zero-order valence-corrected chi connectivity index (χ0v) is 11.2. The van der Waals surface area contributed by atoms with Gasteiger partial charge in [0, 0.05) is 25.8 Å². The molecule has 1 amide bonds. The second-order valence-corrected chi connectivity index (χ2v) is 5.11. The van der Waals surface area contributed by atoms with Crippen molar-refractivity contribution in [1.82, 2.24) is 14.7 Å². The molecule has 18 heavy (non-hydrogen) atoms. The first-order valence-electron chi connectivity index (χ1n) is 6.61. The fourth-order valence-corrected chi connectivity index (χ4v) is 2.49. The van der Waals surface area contributed by atoms with Gasteiger partial charge < -0.3 is 10.6 Å². The Morgan fingerprint density at radius 2 is 2.17 bits per heavy atom. The summed E-state index contributed by atoms with van der Waals surface area (Å²) in [6.45, 7) is 4.37. The van der Waals surface area contributed by atoms with E-state index in [1.807, 2.05) is 24.9 Å². The van der Waals surface area contributed by atoms with E-state index in [0.717, 1.165) is 44.6 Å². The third kappa shape index (κ3) is 2.72. The fourth-order valence-electron chi connectivity index (χ4n) is 2.49. The highest BCUT2D eigenvalue weighted by molar-refractivity contribution is 5.92. The molecule has 1 saturated heterocycles. The molecule has 1 aliphatic heterocycles. The van der Waals surface area contributed by atoms with E-state index in [-0.39, 0.29) is 5.91 Å². The van der Waals surface area contributed by atoms with Crippen LogP contribution >= 0.6 is 0 Å². The average molecular weight is 250 g/mol. The van der Waals surface area contributed by atoms with E-state index in [4.69, 9.17) is 5.73 Å². The maximum absolute atomic E-state index is 12.3. The number of piperidine rings is 1. The Bertz CT molecular complexity index is 399. The molecular weight excluding hydrogens is 228 g/mol. The molecule has 0 aromatic carbocycles. The SMILES string of the molecule is Cc1cc(C(=O)N2CCC(CCN)CC2)nn1C. The van der Waals surface area contributed by atoms with Gasteiger partial charge in [0.05, 0.1) is 0 Å². The number of aryl methyl sites for hydroxylation is 2. The number of amides is 1. The first-order valence-corrected chi connectivity index (χ1v) is 6.61. The van der Waals surface area contributed by atoms with Crippen molar-refractivity contribution in [2.24, 2.45) is 18.7 Å². The molecule has 0 unspecified atom stereocenters. The monoisotopic (exact) mass is 250 g/mol. The Labute approximate surface area is 108 Å². The summed E-state index contributed by atoms with van der Waals surface area (Å²) in [5, 5.41) is 4.25. The van der Waals surface area contributed by atoms with Gasteiger partial charge in [-0.25, -0.2) is 0 Å². The van der Waals surface area contributed by atoms with Gasteiger partial charge in [-0.05, 0) is 44.7 Å². The van der Waals surface area contributed by atoms with Crippen LogP contribution in [0.2, 0.25) is 0 Å². The molecule has 0 bridgehead atoms. The molecular formula is C13H22N4O. The summed E-state index contributed by atoms with van der Waals surface area (Å²) in [7, 11) is 1.86. The van der Waals surface area contributed by atoms with Crippen LogP contribution in [0.1, 0.15) is 35.4 Å². The second-order valence-electron chi connectivity index (χ2n) is 5.11. The van der Waals surface area contributed by atoms with Gasteiger partial charge in [-0.1, -0.05) is 0 Å². The topological polar surface area (TPSA) is 64.2 Å². The van der Waals surface area contributed by atoms with Crippen molar-refractivity contribution in [3.63, 3.8) is 0 Å². The Morgan fingerprint density at radius 1 is 1.50 bits per heavy atom. The van der Waals surface area contributed by atoms with E-state index in [9.17, 15) is 4.79 Å². The van der Waals surface area contributed by atoms with Crippen LogP contribution in [-0.2, 0) is 7.05 Å². The Hall–Kier alpha value is -1.36. The molecule has 1 fully saturated rings. The highest BCUT2D eigenvalue weighted by atomic mass is 16.2. The van der Waals surface area contributed by atoms with Crippen molar-refractivity contribution < 1.29 is 4.79 Å². The number of carbonyl (C=O) groups is 1. The molecule has 2 rings (SSSR count). The summed E-state index contributed by atoms with van der Waals surface area (Å²) in [5.41, 5.74) is 7.14. The van der Waals surface area contributed by atoms with Gasteiger partial charge in [0.25, 0.3) is 5.91 Å². The summed E-state index contributed by atoms with van der Waals surface area (Å²) >= 11 is 0. The summed E-state index contributed by atoms with van der Waals surface area (Å²) in [6, 6.07) is 1.86. The lowest BCUT2D eigenvalue weighted by Gasteiger charge is -2.31. The van der Waals surface area contributed by atoms with E-state index in [1.54, 1.807) is 4.68 Å². The molecule has 0 saturated carbocycles. The first kappa shape index (κ1) is 13.1. The average Bonchev–Trinajstić information content (AvgIpc) is 2.70. The summed E-state index contributed by atoms with van der Waals surface area (Å²) < 4.78 is 1.74. The van der Waals surface area contributed by atoms with Crippen molar-refractivity contribution in [1.29, 1.82) is 0 Å². The fraction of sp³-hybridized carbons (Fsp3) is 0.692. The molecule has 100 valence electrons. The third-order valence-corrected chi connectivity index (χ3v) is 3.81. The van der Waals surface area contributed by atoms with Gasteiger partial charge in [0.1, 0.15) is 0 Å². The van der Waals surface area contributed by atoms with Gasteiger partial charge in [-0.2, -0.15) is 5.10 Å². The quantitative estimate of drug-likeness (QED) is 0.868. The van der Waals surface area contributed by atoms with Crippen LogP contribution in [0.3, 0.4) is 0 Å². The number of nitrogens with zero attached hydrogens (tertiary/aromatic N) is 3. The number of aromatic nitrogens is 2. The van der Waals surface area contributed by atoms with E-state index < -0.39 is 0 Å². The van der Waals surface area contributed by atoms with Crippen LogP contribution < -0.4 is 5.73 Å². The molecule has 0 aliphatic carbocycles. The number of carbonyl (C=O) groups excluding carboxylic acids is 1. The molecule has 1 aromatic heterocycles. The van der Waals surface area contributed by atoms with Crippen LogP contribution in [0.25, 0.3) is 0 Å². The third-order valence-electron chi connectivity index (χ3n) is 3.81. The molecule has 0 atom stereocenters. The Balaban J connectivity index is 1.95. The largest absolute Gasteiger partial charge is 0.337 e. The van der Waals surface area contributed by atoms with E-state index in [1.165, 1.54) is 0 Å². The smallest absolute Gasteiger partial charge is 0.274 e. The predicted molar refractivity (Wildman–Crippen MR) is 70.2 cm³/mol. The van der Waals surface area contributed by atoms with Crippen LogP contribution in [0.15, 0.2) is 6.07 Å². The van der Waals surface area contributed by atoms with Gasteiger partial charge in [-0.3, -0.25) is 9.48 Å². The highest BCUT2D eigenvalue weighted by Crippen LogP contribution is 2.21. The minimum absolute atomic E-state index is 0.0601. The number of hydrogen-bond donors (Lipinski definition) is 1. The highest BCUT2D eigenvalue weighted by Gasteiger charge is 2.24. The standard InChI is InChI=1S/C13H22N4O/c1-10-9-12(15-16(10)2)13(18)17-7-4-11(3-6-14)5-8-17/h9,11H,3-8,14H2,1-2H3. The van der Waals surface area contributed by atoms with Crippen LogP contribution in [-0.4, -0.2) is 40.2 Å². The zero-order valence-electron chi connectivity index (χ0n) is 11.2. The molecule has 0 spiro atoms. The zero-order chi connectivity index (χ0) is 13.1. The van der Waals surface area contributed by atoms with Crippen LogP contribution in [0.4, 0.5) is 0 Å². The number of nitrogens with two attached hydrogens (primary N) is 1.